The normalized spacial score (nSPS) is 15.9. The third kappa shape index (κ3) is 7.03. The smallest absolute Gasteiger partial charge is 0.319 e. The van der Waals surface area contributed by atoms with Crippen molar-refractivity contribution >= 4 is 90.0 Å². The molecule has 2 saturated heterocycles. The van der Waals surface area contributed by atoms with Gasteiger partial charge in [0.1, 0.15) is 17.7 Å². The summed E-state index contributed by atoms with van der Waals surface area (Å²) in [6, 6.07) is 21.7. The number of carbonyl (C=O) groups is 3. The van der Waals surface area contributed by atoms with Crippen LogP contribution in [0.5, 0.6) is 0 Å². The lowest BCUT2D eigenvalue weighted by molar-refractivity contribution is -0.134. The first-order chi connectivity index (χ1) is 23.4. The quantitative estimate of drug-likeness (QED) is 0.219. The van der Waals surface area contributed by atoms with Crippen molar-refractivity contribution in [3.8, 4) is 0 Å². The van der Waals surface area contributed by atoms with Crippen LogP contribution in [0.1, 0.15) is 12.8 Å². The second-order valence-corrected chi connectivity index (χ2v) is 13.9. The lowest BCUT2D eigenvalue weighted by Crippen LogP contribution is -2.56. The van der Waals surface area contributed by atoms with Crippen LogP contribution in [0.25, 0.3) is 20.2 Å². The zero-order chi connectivity index (χ0) is 33.0. The molecule has 0 saturated carbocycles. The van der Waals surface area contributed by atoms with Gasteiger partial charge >= 0.3 is 6.03 Å². The van der Waals surface area contributed by atoms with Gasteiger partial charge in [-0.25, -0.2) is 4.79 Å². The van der Waals surface area contributed by atoms with Crippen molar-refractivity contribution in [3.63, 3.8) is 0 Å². The first-order valence-electron chi connectivity index (χ1n) is 16.0. The summed E-state index contributed by atoms with van der Waals surface area (Å²) in [6.07, 6.45) is 0.335. The topological polar surface area (TPSA) is 114 Å². The average Bonchev–Trinajstić information content (AvgIpc) is 3.76. The Balaban J connectivity index is 0.977. The predicted octanol–water partition coefficient (Wildman–Crippen LogP) is 5.53. The van der Waals surface area contributed by atoms with Crippen molar-refractivity contribution in [3.05, 3.63) is 77.8 Å². The number of fused-ring (bicyclic) bond motifs is 2. The Kier molecular flexibility index (Phi) is 9.59. The molecule has 3 aromatic carbocycles. The Bertz CT molecular complexity index is 1920. The van der Waals surface area contributed by atoms with Crippen molar-refractivity contribution in [2.24, 2.45) is 0 Å². The Morgan fingerprint density at radius 1 is 0.708 bits per heavy atom. The number of nitrogens with zero attached hydrogens (tertiary/aromatic N) is 6. The van der Waals surface area contributed by atoms with Gasteiger partial charge in [0, 0.05) is 80.3 Å². The summed E-state index contributed by atoms with van der Waals surface area (Å²) in [5.74, 6) is 1.67. The number of hydrogen-bond donors (Lipinski definition) is 2. The summed E-state index contributed by atoms with van der Waals surface area (Å²) in [5.41, 5.74) is 0.550. The number of anilines is 3. The van der Waals surface area contributed by atoms with Crippen LogP contribution in [-0.4, -0.2) is 94.8 Å². The third-order valence-corrected chi connectivity index (χ3v) is 10.8. The summed E-state index contributed by atoms with van der Waals surface area (Å²) in [4.78, 5) is 48.4. The highest BCUT2D eigenvalue weighted by Crippen LogP contribution is 2.31. The van der Waals surface area contributed by atoms with Crippen LogP contribution in [0, 0.1) is 0 Å². The maximum absolute atomic E-state index is 13.9. The molecule has 11 nitrogen and oxygen atoms in total. The maximum atomic E-state index is 13.9. The summed E-state index contributed by atoms with van der Waals surface area (Å²) in [5, 5.41) is 8.43. The van der Waals surface area contributed by atoms with Crippen molar-refractivity contribution in [2.45, 2.75) is 18.9 Å². The first kappa shape index (κ1) is 32.1. The number of urea groups is 1. The van der Waals surface area contributed by atoms with Crippen molar-refractivity contribution in [1.29, 1.82) is 0 Å². The highest BCUT2D eigenvalue weighted by molar-refractivity contribution is 7.14. The molecule has 0 bridgehead atoms. The molecule has 5 aromatic rings. The molecule has 2 aromatic heterocycles. The standard InChI is InChI=1S/C34H35ClN8O3S2/c35-23-9-11-24(12-10-23)36-34(46)37-27(33(45)43-21-19-42(20-22-43)32-26-6-2-4-8-29(26)48-39-32)13-14-30(44)40-15-17-41(18-16-40)31-25-5-1-3-7-28(25)47-38-31/h1-12,27H,13-22H2,(H2,36,37,46). The lowest BCUT2D eigenvalue weighted by atomic mass is 10.1. The average molecular weight is 703 g/mol. The number of aromatic nitrogens is 2. The number of piperazine rings is 2. The van der Waals surface area contributed by atoms with E-state index in [4.69, 9.17) is 11.6 Å². The van der Waals surface area contributed by atoms with Gasteiger partial charge in [0.05, 0.1) is 9.40 Å². The van der Waals surface area contributed by atoms with Gasteiger partial charge in [-0.1, -0.05) is 35.9 Å². The largest absolute Gasteiger partial charge is 0.352 e. The molecular weight excluding hydrogens is 668 g/mol. The van der Waals surface area contributed by atoms with Gasteiger partial charge < -0.3 is 30.2 Å². The van der Waals surface area contributed by atoms with Crippen LogP contribution in [-0.2, 0) is 9.59 Å². The van der Waals surface area contributed by atoms with Crippen LogP contribution in [0.4, 0.5) is 22.1 Å². The molecule has 14 heteroatoms. The van der Waals surface area contributed by atoms with Gasteiger partial charge in [-0.05, 0) is 78.0 Å². The number of halogens is 1. The van der Waals surface area contributed by atoms with E-state index in [1.54, 1.807) is 29.2 Å². The molecule has 1 atom stereocenters. The fourth-order valence-corrected chi connectivity index (χ4v) is 7.99. The highest BCUT2D eigenvalue weighted by atomic mass is 35.5. The van der Waals surface area contributed by atoms with Gasteiger partial charge in [-0.3, -0.25) is 9.59 Å². The van der Waals surface area contributed by atoms with Gasteiger partial charge in [0.2, 0.25) is 11.8 Å². The molecule has 2 fully saturated rings. The van der Waals surface area contributed by atoms with Crippen LogP contribution < -0.4 is 20.4 Å². The number of hydrogen-bond acceptors (Lipinski definition) is 9. The van der Waals surface area contributed by atoms with E-state index >= 15 is 0 Å². The molecule has 248 valence electrons. The molecule has 2 N–H and O–H groups in total. The van der Waals surface area contributed by atoms with Gasteiger partial charge in [-0.15, -0.1) is 0 Å². The Morgan fingerprint density at radius 2 is 1.23 bits per heavy atom. The van der Waals surface area contributed by atoms with Crippen LogP contribution in [0.2, 0.25) is 5.02 Å². The summed E-state index contributed by atoms with van der Waals surface area (Å²) >= 11 is 8.96. The van der Waals surface area contributed by atoms with E-state index in [1.807, 2.05) is 29.2 Å². The zero-order valence-corrected chi connectivity index (χ0v) is 28.6. The molecule has 0 aliphatic carbocycles. The van der Waals surface area contributed by atoms with E-state index in [0.717, 1.165) is 31.8 Å². The molecule has 1 unspecified atom stereocenters. The number of benzene rings is 3. The third-order valence-electron chi connectivity index (χ3n) is 8.89. The molecule has 4 amide bonds. The molecule has 0 spiro atoms. The molecule has 2 aliphatic rings. The number of nitrogens with one attached hydrogen (secondary N) is 2. The number of carbonyl (C=O) groups excluding carboxylic acids is 3. The van der Waals surface area contributed by atoms with Gasteiger partial charge in [0.15, 0.2) is 0 Å². The SMILES string of the molecule is O=C(Nc1ccc(Cl)cc1)NC(CCC(=O)N1CCN(c2nsc3ccccc23)CC1)C(=O)N1CCN(c2nsc3ccccc23)CC1. The van der Waals surface area contributed by atoms with Crippen LogP contribution in [0.15, 0.2) is 72.8 Å². The predicted molar refractivity (Wildman–Crippen MR) is 193 cm³/mol. The van der Waals surface area contributed by atoms with E-state index < -0.39 is 12.1 Å². The van der Waals surface area contributed by atoms with Gasteiger partial charge in [0.25, 0.3) is 0 Å². The second-order valence-electron chi connectivity index (χ2n) is 11.9. The number of rotatable bonds is 8. The molecule has 48 heavy (non-hydrogen) atoms. The fourth-order valence-electron chi connectivity index (χ4n) is 6.27. The minimum absolute atomic E-state index is 0.0317. The minimum Gasteiger partial charge on any atom is -0.352 e. The Hall–Kier alpha value is -4.46. The molecule has 0 radical (unpaired) electrons. The number of amides is 4. The van der Waals surface area contributed by atoms with Crippen molar-refractivity contribution in [1.82, 2.24) is 23.9 Å². The second kappa shape index (κ2) is 14.3. The van der Waals surface area contributed by atoms with E-state index in [0.29, 0.717) is 63.1 Å². The summed E-state index contributed by atoms with van der Waals surface area (Å²) in [6.45, 7) is 4.74. The van der Waals surface area contributed by atoms with Crippen molar-refractivity contribution in [2.75, 3.05) is 67.5 Å². The molecule has 4 heterocycles. The fraction of sp³-hybridized carbons (Fsp3) is 0.324. The minimum atomic E-state index is -0.865. The summed E-state index contributed by atoms with van der Waals surface area (Å²) < 4.78 is 11.6. The lowest BCUT2D eigenvalue weighted by Gasteiger charge is -2.37. The van der Waals surface area contributed by atoms with E-state index in [-0.39, 0.29) is 24.7 Å². The molecule has 7 rings (SSSR count). The van der Waals surface area contributed by atoms with E-state index in [2.05, 4.69) is 53.4 Å². The zero-order valence-electron chi connectivity index (χ0n) is 26.2. The monoisotopic (exact) mass is 702 g/mol. The summed E-state index contributed by atoms with van der Waals surface area (Å²) in [7, 11) is 0. The van der Waals surface area contributed by atoms with Crippen molar-refractivity contribution < 1.29 is 14.4 Å². The van der Waals surface area contributed by atoms with Crippen LogP contribution >= 0.6 is 34.7 Å². The van der Waals surface area contributed by atoms with Crippen LogP contribution in [0.3, 0.4) is 0 Å². The highest BCUT2D eigenvalue weighted by Gasteiger charge is 2.31. The maximum Gasteiger partial charge on any atom is 0.319 e. The Labute approximate surface area is 291 Å². The molecule has 2 aliphatic heterocycles. The Morgan fingerprint density at radius 3 is 1.79 bits per heavy atom. The first-order valence-corrected chi connectivity index (χ1v) is 17.9. The van der Waals surface area contributed by atoms with E-state index in [9.17, 15) is 14.4 Å². The molecular formula is C34H35ClN8O3S2. The van der Waals surface area contributed by atoms with Gasteiger partial charge in [-0.2, -0.15) is 8.75 Å². The van der Waals surface area contributed by atoms with E-state index in [1.165, 1.54) is 23.1 Å².